The number of likely N-dealkylation sites (tertiary alicyclic amines) is 1. The molecule has 0 saturated carbocycles. The SMILES string of the molecule is CCN(CC)CCN1C(=O)C(=O)/C(=C(/O)c2ccc(OC)cc2)[C@@H]1c1ccc(C(C)(C)C)cc1. The van der Waals surface area contributed by atoms with Crippen molar-refractivity contribution in [1.29, 1.82) is 0 Å². The van der Waals surface area contributed by atoms with Gasteiger partial charge in [0.2, 0.25) is 0 Å². The number of amides is 1. The second kappa shape index (κ2) is 10.4. The fourth-order valence-electron chi connectivity index (χ4n) is 4.32. The van der Waals surface area contributed by atoms with Gasteiger partial charge < -0.3 is 19.6 Å². The number of Topliss-reactive ketones (excluding diaryl/α,β-unsaturated/α-hetero) is 1. The van der Waals surface area contributed by atoms with E-state index in [0.717, 1.165) is 24.2 Å². The number of carbonyl (C=O) groups is 2. The van der Waals surface area contributed by atoms with Gasteiger partial charge in [-0.1, -0.05) is 58.9 Å². The molecular weight excluding hydrogens is 428 g/mol. The molecule has 1 aliphatic heterocycles. The number of hydrogen-bond donors (Lipinski definition) is 1. The summed E-state index contributed by atoms with van der Waals surface area (Å²) in [6, 6.07) is 14.2. The van der Waals surface area contributed by atoms with E-state index >= 15 is 0 Å². The lowest BCUT2D eigenvalue weighted by molar-refractivity contribution is -0.140. The van der Waals surface area contributed by atoms with Gasteiger partial charge in [-0.05, 0) is 53.9 Å². The number of aliphatic hydroxyl groups is 1. The first-order valence-electron chi connectivity index (χ1n) is 11.9. The van der Waals surface area contributed by atoms with Gasteiger partial charge >= 0.3 is 0 Å². The van der Waals surface area contributed by atoms with Crippen LogP contribution in [0.2, 0.25) is 0 Å². The fraction of sp³-hybridized carbons (Fsp3) is 0.429. The molecule has 1 amide bonds. The van der Waals surface area contributed by atoms with Crippen LogP contribution in [0.4, 0.5) is 0 Å². The molecule has 1 saturated heterocycles. The molecule has 0 aliphatic carbocycles. The highest BCUT2D eigenvalue weighted by molar-refractivity contribution is 6.46. The summed E-state index contributed by atoms with van der Waals surface area (Å²) in [5.41, 5.74) is 2.54. The van der Waals surface area contributed by atoms with Crippen molar-refractivity contribution in [3.8, 4) is 5.75 Å². The summed E-state index contributed by atoms with van der Waals surface area (Å²) >= 11 is 0. The Labute approximate surface area is 202 Å². The molecule has 1 atom stereocenters. The lowest BCUT2D eigenvalue weighted by Gasteiger charge is -2.28. The standard InChI is InChI=1S/C28H36N2O4/c1-7-29(8-2)17-18-30-24(19-9-13-21(14-10-19)28(3,4)5)23(26(32)27(30)33)25(31)20-11-15-22(34-6)16-12-20/h9-16,24,31H,7-8,17-18H2,1-6H3/b25-23+/t24-/m0/s1. The molecule has 34 heavy (non-hydrogen) atoms. The topological polar surface area (TPSA) is 70.1 Å². The van der Waals surface area contributed by atoms with Gasteiger partial charge in [0.05, 0.1) is 18.7 Å². The summed E-state index contributed by atoms with van der Waals surface area (Å²) in [6.45, 7) is 13.3. The van der Waals surface area contributed by atoms with Gasteiger partial charge in [-0.25, -0.2) is 0 Å². The smallest absolute Gasteiger partial charge is 0.295 e. The van der Waals surface area contributed by atoms with Crippen LogP contribution in [0, 0.1) is 0 Å². The predicted molar refractivity (Wildman–Crippen MR) is 135 cm³/mol. The third kappa shape index (κ3) is 5.17. The van der Waals surface area contributed by atoms with E-state index in [0.29, 0.717) is 24.4 Å². The Balaban J connectivity index is 2.09. The number of ketones is 1. The van der Waals surface area contributed by atoms with Crippen molar-refractivity contribution in [3.63, 3.8) is 0 Å². The molecule has 0 spiro atoms. The molecule has 1 heterocycles. The van der Waals surface area contributed by atoms with E-state index in [1.165, 1.54) is 0 Å². The minimum atomic E-state index is -0.655. The van der Waals surface area contributed by atoms with Crippen molar-refractivity contribution in [3.05, 3.63) is 70.8 Å². The number of nitrogens with zero attached hydrogens (tertiary/aromatic N) is 2. The Morgan fingerprint density at radius 3 is 2.09 bits per heavy atom. The third-order valence-corrected chi connectivity index (χ3v) is 6.55. The quantitative estimate of drug-likeness (QED) is 0.347. The van der Waals surface area contributed by atoms with Crippen LogP contribution < -0.4 is 4.74 Å². The van der Waals surface area contributed by atoms with Crippen LogP contribution in [0.25, 0.3) is 5.76 Å². The summed E-state index contributed by atoms with van der Waals surface area (Å²) < 4.78 is 5.20. The van der Waals surface area contributed by atoms with Gasteiger partial charge in [0, 0.05) is 18.7 Å². The summed E-state index contributed by atoms with van der Waals surface area (Å²) in [5, 5.41) is 11.2. The molecule has 1 N–H and O–H groups in total. The Hall–Kier alpha value is -3.12. The Morgan fingerprint density at radius 1 is 1.00 bits per heavy atom. The van der Waals surface area contributed by atoms with Crippen molar-refractivity contribution < 1.29 is 19.4 Å². The maximum Gasteiger partial charge on any atom is 0.295 e. The third-order valence-electron chi connectivity index (χ3n) is 6.55. The van der Waals surface area contributed by atoms with Crippen molar-refractivity contribution in [2.45, 2.75) is 46.1 Å². The molecule has 1 aliphatic rings. The number of carbonyl (C=O) groups excluding carboxylic acids is 2. The maximum absolute atomic E-state index is 13.2. The number of benzene rings is 2. The van der Waals surface area contributed by atoms with Crippen LogP contribution >= 0.6 is 0 Å². The van der Waals surface area contributed by atoms with E-state index in [2.05, 4.69) is 39.5 Å². The number of hydrogen-bond acceptors (Lipinski definition) is 5. The zero-order valence-electron chi connectivity index (χ0n) is 21.1. The van der Waals surface area contributed by atoms with E-state index in [4.69, 9.17) is 4.74 Å². The molecule has 2 aromatic carbocycles. The first kappa shape index (κ1) is 25.5. The number of ether oxygens (including phenoxy) is 1. The molecular formula is C28H36N2O4. The minimum absolute atomic E-state index is 0.0216. The molecule has 0 bridgehead atoms. The zero-order valence-corrected chi connectivity index (χ0v) is 21.1. The van der Waals surface area contributed by atoms with Gasteiger partial charge in [0.25, 0.3) is 11.7 Å². The van der Waals surface area contributed by atoms with Gasteiger partial charge in [0.15, 0.2) is 0 Å². The Bertz CT molecular complexity index is 1050. The highest BCUT2D eigenvalue weighted by Crippen LogP contribution is 2.40. The van der Waals surface area contributed by atoms with E-state index in [9.17, 15) is 14.7 Å². The van der Waals surface area contributed by atoms with Crippen LogP contribution in [0.1, 0.15) is 57.4 Å². The molecule has 0 unspecified atom stereocenters. The molecule has 182 valence electrons. The lowest BCUT2D eigenvalue weighted by Crippen LogP contribution is -2.38. The van der Waals surface area contributed by atoms with Gasteiger partial charge in [-0.15, -0.1) is 0 Å². The van der Waals surface area contributed by atoms with E-state index < -0.39 is 17.7 Å². The zero-order chi connectivity index (χ0) is 25.0. The minimum Gasteiger partial charge on any atom is -0.507 e. The molecule has 3 rings (SSSR count). The van der Waals surface area contributed by atoms with Gasteiger partial charge in [-0.3, -0.25) is 9.59 Å². The van der Waals surface area contributed by atoms with Crippen molar-refractivity contribution in [1.82, 2.24) is 9.80 Å². The monoisotopic (exact) mass is 464 g/mol. The highest BCUT2D eigenvalue weighted by atomic mass is 16.5. The Morgan fingerprint density at radius 2 is 1.59 bits per heavy atom. The molecule has 0 aromatic heterocycles. The molecule has 6 nitrogen and oxygen atoms in total. The van der Waals surface area contributed by atoms with Gasteiger partial charge in [-0.2, -0.15) is 0 Å². The Kier molecular flexibility index (Phi) is 7.82. The lowest BCUT2D eigenvalue weighted by atomic mass is 9.85. The maximum atomic E-state index is 13.2. The summed E-state index contributed by atoms with van der Waals surface area (Å²) in [6.07, 6.45) is 0. The van der Waals surface area contributed by atoms with E-state index in [1.54, 1.807) is 36.3 Å². The molecule has 6 heteroatoms. The number of methoxy groups -OCH3 is 1. The van der Waals surface area contributed by atoms with E-state index in [-0.39, 0.29) is 16.7 Å². The first-order chi connectivity index (χ1) is 16.1. The van der Waals surface area contributed by atoms with Crippen LogP contribution in [0.15, 0.2) is 54.1 Å². The summed E-state index contributed by atoms with van der Waals surface area (Å²) in [4.78, 5) is 30.2. The van der Waals surface area contributed by atoms with Crippen molar-refractivity contribution in [2.24, 2.45) is 0 Å². The average Bonchev–Trinajstić information content (AvgIpc) is 3.08. The number of aliphatic hydroxyl groups excluding tert-OH is 1. The van der Waals surface area contributed by atoms with Crippen molar-refractivity contribution >= 4 is 17.4 Å². The summed E-state index contributed by atoms with van der Waals surface area (Å²) in [7, 11) is 1.57. The van der Waals surface area contributed by atoms with Crippen molar-refractivity contribution in [2.75, 3.05) is 33.3 Å². The summed E-state index contributed by atoms with van der Waals surface area (Å²) in [5.74, 6) is -0.758. The molecule has 1 fully saturated rings. The van der Waals surface area contributed by atoms with Crippen LogP contribution in [-0.2, 0) is 15.0 Å². The van der Waals surface area contributed by atoms with Gasteiger partial charge in [0.1, 0.15) is 11.5 Å². The predicted octanol–water partition coefficient (Wildman–Crippen LogP) is 4.76. The van der Waals surface area contributed by atoms with Crippen LogP contribution in [-0.4, -0.2) is 59.9 Å². The normalized spacial score (nSPS) is 18.1. The highest BCUT2D eigenvalue weighted by Gasteiger charge is 2.46. The second-order valence-electron chi connectivity index (χ2n) is 9.62. The largest absolute Gasteiger partial charge is 0.507 e. The average molecular weight is 465 g/mol. The molecule has 0 radical (unpaired) electrons. The second-order valence-corrected chi connectivity index (χ2v) is 9.62. The number of likely N-dealkylation sites (N-methyl/N-ethyl adjacent to an activating group) is 1. The van der Waals surface area contributed by atoms with E-state index in [1.807, 2.05) is 24.3 Å². The first-order valence-corrected chi connectivity index (χ1v) is 11.9. The number of rotatable bonds is 8. The fourth-order valence-corrected chi connectivity index (χ4v) is 4.32. The van der Waals surface area contributed by atoms with Crippen LogP contribution in [0.5, 0.6) is 5.75 Å². The molecule has 2 aromatic rings. The van der Waals surface area contributed by atoms with Crippen LogP contribution in [0.3, 0.4) is 0 Å².